The van der Waals surface area contributed by atoms with Crippen LogP contribution in [0.2, 0.25) is 0 Å². The fourth-order valence-corrected chi connectivity index (χ4v) is 3.99. The van der Waals surface area contributed by atoms with Crippen molar-refractivity contribution < 1.29 is 8.42 Å². The summed E-state index contributed by atoms with van der Waals surface area (Å²) in [7, 11) is -1.43. The van der Waals surface area contributed by atoms with E-state index in [-0.39, 0.29) is 10.8 Å². The summed E-state index contributed by atoms with van der Waals surface area (Å²) in [5, 5.41) is 3.33. The third-order valence-electron chi connectivity index (χ3n) is 4.46. The van der Waals surface area contributed by atoms with E-state index in [1.54, 1.807) is 0 Å². The molecule has 1 aromatic carbocycles. The number of aromatic nitrogens is 2. The van der Waals surface area contributed by atoms with E-state index in [1.807, 2.05) is 42.3 Å². The number of rotatable bonds is 5. The molecule has 3 rings (SSSR count). The van der Waals surface area contributed by atoms with Gasteiger partial charge in [-0.2, -0.15) is 0 Å². The molecule has 1 atom stereocenters. The summed E-state index contributed by atoms with van der Waals surface area (Å²) in [6.07, 6.45) is 4.64. The first-order chi connectivity index (χ1) is 11.9. The van der Waals surface area contributed by atoms with Crippen molar-refractivity contribution in [2.45, 2.75) is 30.2 Å². The lowest BCUT2D eigenvalue weighted by atomic mass is 9.96. The van der Waals surface area contributed by atoms with Gasteiger partial charge in [0, 0.05) is 32.3 Å². The summed E-state index contributed by atoms with van der Waals surface area (Å²) in [6.45, 7) is 2.39. The maximum absolute atomic E-state index is 12.2. The van der Waals surface area contributed by atoms with Gasteiger partial charge in [-0.3, -0.25) is 0 Å². The maximum atomic E-state index is 12.2. The second kappa shape index (κ2) is 7.49. The van der Waals surface area contributed by atoms with Crippen molar-refractivity contribution in [3.05, 3.63) is 47.8 Å². The molecule has 1 N–H and O–H groups in total. The molecule has 1 aromatic heterocycles. The van der Waals surface area contributed by atoms with Gasteiger partial charge in [-0.1, -0.05) is 30.3 Å². The van der Waals surface area contributed by atoms with E-state index in [1.165, 1.54) is 12.5 Å². The van der Waals surface area contributed by atoms with Crippen LogP contribution in [0.25, 0.3) is 0 Å². The molecule has 1 fully saturated rings. The first-order valence-electron chi connectivity index (χ1n) is 8.48. The SMILES string of the molecule is CN(Cc1ccccc1)c1ncc(S(C)(=O)=O)c(C2CCCNC2)n1. The van der Waals surface area contributed by atoms with Crippen LogP contribution in [-0.2, 0) is 16.4 Å². The second-order valence-electron chi connectivity index (χ2n) is 6.58. The molecule has 0 amide bonds. The summed E-state index contributed by atoms with van der Waals surface area (Å²) in [4.78, 5) is 11.2. The van der Waals surface area contributed by atoms with E-state index >= 15 is 0 Å². The Morgan fingerprint density at radius 2 is 2.04 bits per heavy atom. The van der Waals surface area contributed by atoms with Crippen LogP contribution in [0.4, 0.5) is 5.95 Å². The number of nitrogens with one attached hydrogen (secondary N) is 1. The van der Waals surface area contributed by atoms with Crippen molar-refractivity contribution in [2.75, 3.05) is 31.3 Å². The predicted molar refractivity (Wildman–Crippen MR) is 98.5 cm³/mol. The molecular weight excluding hydrogens is 336 g/mol. The van der Waals surface area contributed by atoms with Crippen LogP contribution in [0, 0.1) is 0 Å². The van der Waals surface area contributed by atoms with Gasteiger partial charge in [0.15, 0.2) is 9.84 Å². The minimum absolute atomic E-state index is 0.102. The van der Waals surface area contributed by atoms with E-state index in [4.69, 9.17) is 0 Å². The zero-order valence-electron chi connectivity index (χ0n) is 14.6. The van der Waals surface area contributed by atoms with E-state index in [0.29, 0.717) is 18.2 Å². The van der Waals surface area contributed by atoms with Crippen LogP contribution in [0.15, 0.2) is 41.4 Å². The van der Waals surface area contributed by atoms with Crippen LogP contribution < -0.4 is 10.2 Å². The second-order valence-corrected chi connectivity index (χ2v) is 8.56. The summed E-state index contributed by atoms with van der Waals surface area (Å²) in [6, 6.07) is 10.1. The van der Waals surface area contributed by atoms with E-state index < -0.39 is 9.84 Å². The van der Waals surface area contributed by atoms with Crippen molar-refractivity contribution in [1.29, 1.82) is 0 Å². The van der Waals surface area contributed by atoms with Gasteiger partial charge in [-0.25, -0.2) is 18.4 Å². The van der Waals surface area contributed by atoms with Gasteiger partial charge >= 0.3 is 0 Å². The fourth-order valence-electron chi connectivity index (χ4n) is 3.15. The normalized spacial score (nSPS) is 18.1. The predicted octanol–water partition coefficient (Wildman–Crippen LogP) is 1.98. The van der Waals surface area contributed by atoms with Gasteiger partial charge in [-0.15, -0.1) is 0 Å². The average molecular weight is 360 g/mol. The molecule has 1 aliphatic rings. The van der Waals surface area contributed by atoms with Crippen LogP contribution in [0.5, 0.6) is 0 Å². The lowest BCUT2D eigenvalue weighted by Crippen LogP contribution is -2.30. The highest BCUT2D eigenvalue weighted by molar-refractivity contribution is 7.90. The average Bonchev–Trinajstić information content (AvgIpc) is 2.62. The van der Waals surface area contributed by atoms with Gasteiger partial charge < -0.3 is 10.2 Å². The topological polar surface area (TPSA) is 75.2 Å². The van der Waals surface area contributed by atoms with E-state index in [0.717, 1.165) is 31.5 Å². The van der Waals surface area contributed by atoms with Crippen molar-refractivity contribution in [1.82, 2.24) is 15.3 Å². The number of nitrogens with zero attached hydrogens (tertiary/aromatic N) is 3. The zero-order chi connectivity index (χ0) is 17.9. The van der Waals surface area contributed by atoms with Gasteiger partial charge in [0.25, 0.3) is 0 Å². The van der Waals surface area contributed by atoms with Gasteiger partial charge in [-0.05, 0) is 24.9 Å². The molecule has 1 unspecified atom stereocenters. The molecule has 1 saturated heterocycles. The van der Waals surface area contributed by atoms with Crippen molar-refractivity contribution in [3.63, 3.8) is 0 Å². The lowest BCUT2D eigenvalue weighted by molar-refractivity contribution is 0.447. The summed E-state index contributed by atoms with van der Waals surface area (Å²) in [5.41, 5.74) is 1.79. The molecule has 7 heteroatoms. The Labute approximate surface area is 149 Å². The quantitative estimate of drug-likeness (QED) is 0.879. The number of benzene rings is 1. The molecule has 1 aliphatic heterocycles. The number of piperidine rings is 1. The van der Waals surface area contributed by atoms with Crippen LogP contribution >= 0.6 is 0 Å². The smallest absolute Gasteiger partial charge is 0.225 e. The minimum atomic E-state index is -3.36. The molecule has 0 saturated carbocycles. The Morgan fingerprint density at radius 3 is 2.68 bits per heavy atom. The summed E-state index contributed by atoms with van der Waals surface area (Å²) >= 11 is 0. The monoisotopic (exact) mass is 360 g/mol. The molecular formula is C18H24N4O2S. The van der Waals surface area contributed by atoms with Gasteiger partial charge in [0.1, 0.15) is 4.90 Å². The Hall–Kier alpha value is -1.99. The largest absolute Gasteiger partial charge is 0.340 e. The van der Waals surface area contributed by atoms with Crippen molar-refractivity contribution in [3.8, 4) is 0 Å². The molecule has 2 aromatic rings. The first kappa shape index (κ1) is 17.8. The van der Waals surface area contributed by atoms with Gasteiger partial charge in [0.05, 0.1) is 11.9 Å². The Kier molecular flexibility index (Phi) is 5.34. The zero-order valence-corrected chi connectivity index (χ0v) is 15.5. The van der Waals surface area contributed by atoms with Crippen LogP contribution in [0.1, 0.15) is 30.0 Å². The Morgan fingerprint density at radius 1 is 1.28 bits per heavy atom. The van der Waals surface area contributed by atoms with Crippen LogP contribution in [0.3, 0.4) is 0 Å². The molecule has 0 radical (unpaired) electrons. The summed E-state index contributed by atoms with van der Waals surface area (Å²) in [5.74, 6) is 0.655. The third kappa shape index (κ3) is 4.35. The minimum Gasteiger partial charge on any atom is -0.340 e. The highest BCUT2D eigenvalue weighted by atomic mass is 32.2. The highest BCUT2D eigenvalue weighted by Gasteiger charge is 2.25. The highest BCUT2D eigenvalue weighted by Crippen LogP contribution is 2.28. The standard InChI is InChI=1S/C18H24N4O2S/c1-22(13-14-7-4-3-5-8-14)18-20-12-16(25(2,23)24)17(21-18)15-9-6-10-19-11-15/h3-5,7-8,12,15,19H,6,9-11,13H2,1-2H3. The molecule has 2 heterocycles. The lowest BCUT2D eigenvalue weighted by Gasteiger charge is -2.25. The Balaban J connectivity index is 1.92. The van der Waals surface area contributed by atoms with E-state index in [9.17, 15) is 8.42 Å². The van der Waals surface area contributed by atoms with Crippen molar-refractivity contribution >= 4 is 15.8 Å². The van der Waals surface area contributed by atoms with E-state index in [2.05, 4.69) is 15.3 Å². The number of sulfone groups is 1. The Bertz CT molecular complexity index is 818. The fraction of sp³-hybridized carbons (Fsp3) is 0.444. The molecule has 6 nitrogen and oxygen atoms in total. The number of hydrogen-bond donors (Lipinski definition) is 1. The van der Waals surface area contributed by atoms with Crippen LogP contribution in [-0.4, -0.2) is 44.8 Å². The first-order valence-corrected chi connectivity index (χ1v) is 10.4. The maximum Gasteiger partial charge on any atom is 0.225 e. The van der Waals surface area contributed by atoms with Crippen molar-refractivity contribution in [2.24, 2.45) is 0 Å². The van der Waals surface area contributed by atoms with Gasteiger partial charge in [0.2, 0.25) is 5.95 Å². The molecule has 0 aliphatic carbocycles. The molecule has 0 bridgehead atoms. The summed E-state index contributed by atoms with van der Waals surface area (Å²) < 4.78 is 24.3. The molecule has 25 heavy (non-hydrogen) atoms. The molecule has 134 valence electrons. The number of hydrogen-bond acceptors (Lipinski definition) is 6. The number of anilines is 1. The molecule has 0 spiro atoms. The third-order valence-corrected chi connectivity index (χ3v) is 5.57.